The van der Waals surface area contributed by atoms with E-state index in [2.05, 4.69) is 21.8 Å². The van der Waals surface area contributed by atoms with Crippen molar-refractivity contribution in [2.75, 3.05) is 20.7 Å². The Hall–Kier alpha value is -3.44. The number of rotatable bonds is 5. The lowest BCUT2D eigenvalue weighted by Gasteiger charge is -2.15. The Morgan fingerprint density at radius 2 is 2.07 bits per heavy atom. The molecule has 0 aliphatic heterocycles. The second-order valence-electron chi connectivity index (χ2n) is 5.59. The van der Waals surface area contributed by atoms with Gasteiger partial charge >= 0.3 is 0 Å². The highest BCUT2D eigenvalue weighted by molar-refractivity contribution is 5.91. The van der Waals surface area contributed by atoms with Gasteiger partial charge in [0.25, 0.3) is 11.8 Å². The highest BCUT2D eigenvalue weighted by Crippen LogP contribution is 2.20. The minimum absolute atomic E-state index is 0.0250. The number of benzene rings is 1. The minimum Gasteiger partial charge on any atom is -0.481 e. The first-order valence-electron chi connectivity index (χ1n) is 8.13. The number of likely N-dealkylation sites (N-methyl/N-ethyl adjacent to an activating group) is 1. The third-order valence-corrected chi connectivity index (χ3v) is 3.72. The lowest BCUT2D eigenvalue weighted by Crippen LogP contribution is -2.35. The van der Waals surface area contributed by atoms with E-state index in [-0.39, 0.29) is 17.4 Å². The Bertz CT molecular complexity index is 917. The number of primary amides is 1. The fourth-order valence-corrected chi connectivity index (χ4v) is 2.10. The Balaban J connectivity index is 2.34. The van der Waals surface area contributed by atoms with Crippen LogP contribution in [0, 0.1) is 11.8 Å². The second kappa shape index (κ2) is 8.78. The first-order valence-corrected chi connectivity index (χ1v) is 8.13. The van der Waals surface area contributed by atoms with Crippen molar-refractivity contribution < 1.29 is 19.4 Å². The Labute approximate surface area is 157 Å². The molecule has 27 heavy (non-hydrogen) atoms. The second-order valence-corrected chi connectivity index (χ2v) is 5.59. The number of aromatic nitrogens is 2. The summed E-state index contributed by atoms with van der Waals surface area (Å²) >= 11 is 0. The maximum absolute atomic E-state index is 11.9. The summed E-state index contributed by atoms with van der Waals surface area (Å²) < 4.78 is 5.07. The van der Waals surface area contributed by atoms with Gasteiger partial charge in [0.05, 0.1) is 7.11 Å². The van der Waals surface area contributed by atoms with Crippen LogP contribution in [0.1, 0.15) is 23.0 Å². The van der Waals surface area contributed by atoms with Gasteiger partial charge in [-0.1, -0.05) is 24.0 Å². The van der Waals surface area contributed by atoms with Crippen molar-refractivity contribution in [2.45, 2.75) is 13.0 Å². The summed E-state index contributed by atoms with van der Waals surface area (Å²) in [5, 5.41) is 9.88. The summed E-state index contributed by atoms with van der Waals surface area (Å²) in [4.78, 5) is 33.0. The molecule has 0 unspecified atom stereocenters. The first kappa shape index (κ1) is 19.9. The summed E-state index contributed by atoms with van der Waals surface area (Å²) in [5.74, 6) is 4.55. The molecular formula is C19H20N4O4. The standard InChI is InChI=1S/C19H20N4O4/c1-4-23(2)19(26)15(24)9-8-12-6-5-7-13(10-12)18-21-14(17(20)25)11-16(22-18)27-3/h5-7,10-11,15,24H,4H2,1-3H3,(H2,20,25)/t15-/m1/s1. The summed E-state index contributed by atoms with van der Waals surface area (Å²) in [6.07, 6.45) is -1.41. The van der Waals surface area contributed by atoms with Gasteiger partial charge in [-0.15, -0.1) is 0 Å². The van der Waals surface area contributed by atoms with Gasteiger partial charge in [0.1, 0.15) is 5.69 Å². The molecule has 0 spiro atoms. The average Bonchev–Trinajstić information content (AvgIpc) is 2.70. The zero-order valence-corrected chi connectivity index (χ0v) is 15.3. The zero-order chi connectivity index (χ0) is 20.0. The molecule has 140 valence electrons. The van der Waals surface area contributed by atoms with Gasteiger partial charge in [0.15, 0.2) is 11.9 Å². The monoisotopic (exact) mass is 368 g/mol. The number of hydrogen-bond donors (Lipinski definition) is 2. The molecule has 0 radical (unpaired) electrons. The fourth-order valence-electron chi connectivity index (χ4n) is 2.10. The number of nitrogens with zero attached hydrogens (tertiary/aromatic N) is 3. The van der Waals surface area contributed by atoms with E-state index in [1.54, 1.807) is 38.2 Å². The highest BCUT2D eigenvalue weighted by atomic mass is 16.5. The molecule has 0 saturated heterocycles. The van der Waals surface area contributed by atoms with Crippen LogP contribution in [0.5, 0.6) is 5.88 Å². The number of amides is 2. The van der Waals surface area contributed by atoms with Crippen LogP contribution in [0.4, 0.5) is 0 Å². The number of hydrogen-bond acceptors (Lipinski definition) is 6. The molecule has 1 heterocycles. The number of carbonyl (C=O) groups is 2. The van der Waals surface area contributed by atoms with Gasteiger partial charge in [-0.3, -0.25) is 9.59 Å². The summed E-state index contributed by atoms with van der Waals surface area (Å²) in [6, 6.07) is 8.19. The molecule has 0 aliphatic rings. The fraction of sp³-hybridized carbons (Fsp3) is 0.263. The average molecular weight is 368 g/mol. The maximum Gasteiger partial charge on any atom is 0.267 e. The van der Waals surface area contributed by atoms with Gasteiger partial charge in [-0.2, -0.15) is 4.98 Å². The summed E-state index contributed by atoms with van der Waals surface area (Å²) in [6.45, 7) is 2.28. The SMILES string of the molecule is CCN(C)C(=O)[C@H](O)C#Cc1cccc(-c2nc(OC)cc(C(N)=O)n2)c1. The van der Waals surface area contributed by atoms with E-state index in [4.69, 9.17) is 10.5 Å². The molecule has 8 nitrogen and oxygen atoms in total. The van der Waals surface area contributed by atoms with E-state index in [0.29, 0.717) is 17.7 Å². The molecule has 0 bridgehead atoms. The van der Waals surface area contributed by atoms with Crippen molar-refractivity contribution in [3.63, 3.8) is 0 Å². The van der Waals surface area contributed by atoms with Crippen LogP contribution in [0.3, 0.4) is 0 Å². The van der Waals surface area contributed by atoms with E-state index in [1.165, 1.54) is 18.1 Å². The summed E-state index contributed by atoms with van der Waals surface area (Å²) in [7, 11) is 3.01. The number of ether oxygens (including phenoxy) is 1. The predicted octanol–water partition coefficient (Wildman–Crippen LogP) is 0.442. The Kier molecular flexibility index (Phi) is 6.46. The molecule has 1 aromatic heterocycles. The number of nitrogens with two attached hydrogens (primary N) is 1. The molecule has 0 fully saturated rings. The molecule has 2 aromatic rings. The van der Waals surface area contributed by atoms with Crippen LogP contribution in [-0.4, -0.2) is 58.6 Å². The first-order chi connectivity index (χ1) is 12.8. The smallest absolute Gasteiger partial charge is 0.267 e. The molecule has 1 atom stereocenters. The lowest BCUT2D eigenvalue weighted by atomic mass is 10.1. The highest BCUT2D eigenvalue weighted by Gasteiger charge is 2.15. The largest absolute Gasteiger partial charge is 0.481 e. The number of aliphatic hydroxyl groups excluding tert-OH is 1. The van der Waals surface area contributed by atoms with E-state index in [0.717, 1.165) is 0 Å². The van der Waals surface area contributed by atoms with Crippen molar-refractivity contribution in [1.29, 1.82) is 0 Å². The third kappa shape index (κ3) is 5.03. The third-order valence-electron chi connectivity index (χ3n) is 3.72. The predicted molar refractivity (Wildman–Crippen MR) is 98.7 cm³/mol. The molecule has 0 aliphatic carbocycles. The van der Waals surface area contributed by atoms with Crippen LogP contribution in [0.2, 0.25) is 0 Å². The molecular weight excluding hydrogens is 348 g/mol. The molecule has 8 heteroatoms. The number of methoxy groups -OCH3 is 1. The van der Waals surface area contributed by atoms with Gasteiger partial charge in [0.2, 0.25) is 5.88 Å². The van der Waals surface area contributed by atoms with Crippen LogP contribution in [0.25, 0.3) is 11.4 Å². The van der Waals surface area contributed by atoms with Gasteiger partial charge in [-0.05, 0) is 19.1 Å². The van der Waals surface area contributed by atoms with E-state index in [1.807, 2.05) is 0 Å². The minimum atomic E-state index is -1.41. The van der Waals surface area contributed by atoms with Gasteiger partial charge in [-0.25, -0.2) is 4.98 Å². The molecule has 3 N–H and O–H groups in total. The van der Waals surface area contributed by atoms with Crippen molar-refractivity contribution in [2.24, 2.45) is 5.73 Å². The molecule has 0 saturated carbocycles. The van der Waals surface area contributed by atoms with Crippen LogP contribution >= 0.6 is 0 Å². The molecule has 1 aromatic carbocycles. The number of aliphatic hydroxyl groups is 1. The maximum atomic E-state index is 11.9. The van der Waals surface area contributed by atoms with Crippen molar-refractivity contribution in [1.82, 2.24) is 14.9 Å². The van der Waals surface area contributed by atoms with Gasteiger partial charge in [0, 0.05) is 30.8 Å². The Morgan fingerprint density at radius 3 is 2.70 bits per heavy atom. The van der Waals surface area contributed by atoms with Crippen molar-refractivity contribution in [3.05, 3.63) is 41.6 Å². The molecule has 2 rings (SSSR count). The van der Waals surface area contributed by atoms with E-state index >= 15 is 0 Å². The molecule has 2 amide bonds. The lowest BCUT2D eigenvalue weighted by molar-refractivity contribution is -0.135. The van der Waals surface area contributed by atoms with Gasteiger partial charge < -0.3 is 20.5 Å². The number of carbonyl (C=O) groups excluding carboxylic acids is 2. The van der Waals surface area contributed by atoms with E-state index in [9.17, 15) is 14.7 Å². The Morgan fingerprint density at radius 1 is 1.33 bits per heavy atom. The van der Waals surface area contributed by atoms with Crippen molar-refractivity contribution in [3.8, 4) is 29.1 Å². The summed E-state index contributed by atoms with van der Waals surface area (Å²) in [5.41, 5.74) is 6.44. The zero-order valence-electron chi connectivity index (χ0n) is 15.3. The van der Waals surface area contributed by atoms with E-state index < -0.39 is 17.9 Å². The van der Waals surface area contributed by atoms with Crippen LogP contribution in [0.15, 0.2) is 30.3 Å². The normalized spacial score (nSPS) is 11.1. The topological polar surface area (TPSA) is 119 Å². The van der Waals surface area contributed by atoms with Crippen molar-refractivity contribution >= 4 is 11.8 Å². The van der Waals surface area contributed by atoms with Crippen LogP contribution in [-0.2, 0) is 4.79 Å². The van der Waals surface area contributed by atoms with Crippen LogP contribution < -0.4 is 10.5 Å². The quantitative estimate of drug-likeness (QED) is 0.740.